The number of likely N-dealkylation sites (tertiary alicyclic amines) is 1. The van der Waals surface area contributed by atoms with Crippen molar-refractivity contribution in [2.24, 2.45) is 0 Å². The molecule has 1 aliphatic rings. The molecule has 0 aromatic carbocycles. The van der Waals surface area contributed by atoms with Gasteiger partial charge in [-0.3, -0.25) is 4.90 Å². The molecular formula is C15H20N2OS2. The molecule has 0 spiro atoms. The normalized spacial score (nSPS) is 20.4. The van der Waals surface area contributed by atoms with Crippen molar-refractivity contribution in [3.63, 3.8) is 0 Å². The highest BCUT2D eigenvalue weighted by molar-refractivity contribution is 7.20. The van der Waals surface area contributed by atoms with Crippen molar-refractivity contribution in [3.05, 3.63) is 28.6 Å². The average Bonchev–Trinajstić information content (AvgIpc) is 3.12. The Morgan fingerprint density at radius 1 is 1.40 bits per heavy atom. The monoisotopic (exact) mass is 308 g/mol. The molecule has 1 atom stereocenters. The number of rotatable bonds is 5. The zero-order chi connectivity index (χ0) is 13.8. The summed E-state index contributed by atoms with van der Waals surface area (Å²) in [7, 11) is 0. The number of hydrogen-bond donors (Lipinski definition) is 1. The molecule has 3 rings (SSSR count). The molecule has 0 saturated carbocycles. The fraction of sp³-hybridized carbons (Fsp3) is 0.533. The molecule has 1 N–H and O–H groups in total. The third-order valence-corrected chi connectivity index (χ3v) is 5.88. The van der Waals surface area contributed by atoms with E-state index >= 15 is 0 Å². The van der Waals surface area contributed by atoms with Gasteiger partial charge in [0.1, 0.15) is 5.01 Å². The Hall–Kier alpha value is -0.750. The van der Waals surface area contributed by atoms with E-state index in [1.807, 2.05) is 6.20 Å². The highest BCUT2D eigenvalue weighted by Crippen LogP contribution is 2.30. The lowest BCUT2D eigenvalue weighted by Gasteiger charge is -2.35. The van der Waals surface area contributed by atoms with Crippen LogP contribution in [0.15, 0.2) is 23.7 Å². The number of thiophene rings is 1. The van der Waals surface area contributed by atoms with Crippen molar-refractivity contribution in [3.8, 4) is 9.88 Å². The third-order valence-electron chi connectivity index (χ3n) is 3.86. The zero-order valence-electron chi connectivity index (χ0n) is 11.5. The lowest BCUT2D eigenvalue weighted by atomic mass is 10.00. The Morgan fingerprint density at radius 2 is 2.35 bits per heavy atom. The lowest BCUT2D eigenvalue weighted by Crippen LogP contribution is -2.39. The predicted octanol–water partition coefficient (Wildman–Crippen LogP) is 3.61. The van der Waals surface area contributed by atoms with Gasteiger partial charge < -0.3 is 5.11 Å². The summed E-state index contributed by atoms with van der Waals surface area (Å²) in [6, 6.07) is 4.74. The molecule has 0 amide bonds. The maximum absolute atomic E-state index is 9.20. The van der Waals surface area contributed by atoms with Crippen LogP contribution in [0.25, 0.3) is 9.88 Å². The Labute approximate surface area is 127 Å². The molecule has 1 saturated heterocycles. The molecule has 20 heavy (non-hydrogen) atoms. The van der Waals surface area contributed by atoms with Crippen molar-refractivity contribution in [2.75, 3.05) is 13.2 Å². The van der Waals surface area contributed by atoms with Crippen LogP contribution in [0.5, 0.6) is 0 Å². The Bertz CT molecular complexity index is 522. The number of aliphatic hydroxyl groups is 1. The number of aromatic nitrogens is 1. The van der Waals surface area contributed by atoms with E-state index in [0.717, 1.165) is 24.5 Å². The Kier molecular flexibility index (Phi) is 4.83. The number of thiazole rings is 1. The molecule has 2 aromatic rings. The first-order valence-corrected chi connectivity index (χ1v) is 8.90. The van der Waals surface area contributed by atoms with Gasteiger partial charge in [-0.1, -0.05) is 12.5 Å². The van der Waals surface area contributed by atoms with Gasteiger partial charge in [0.25, 0.3) is 0 Å². The Balaban J connectivity index is 1.67. The highest BCUT2D eigenvalue weighted by atomic mass is 32.1. The number of piperidine rings is 1. The summed E-state index contributed by atoms with van der Waals surface area (Å²) in [5.74, 6) is 0. The lowest BCUT2D eigenvalue weighted by molar-refractivity contribution is 0.113. The van der Waals surface area contributed by atoms with Gasteiger partial charge in [-0.05, 0) is 37.3 Å². The van der Waals surface area contributed by atoms with E-state index in [9.17, 15) is 5.11 Å². The summed E-state index contributed by atoms with van der Waals surface area (Å²) in [6.07, 6.45) is 6.71. The van der Waals surface area contributed by atoms with Gasteiger partial charge in [-0.25, -0.2) is 4.98 Å². The van der Waals surface area contributed by atoms with Crippen LogP contribution in [-0.4, -0.2) is 34.2 Å². The SMILES string of the molecule is OCCC1CCCCN1Cc1cnc(-c2cccs2)s1. The van der Waals surface area contributed by atoms with Gasteiger partial charge in [0.05, 0.1) is 4.88 Å². The average molecular weight is 308 g/mol. The topological polar surface area (TPSA) is 36.4 Å². The smallest absolute Gasteiger partial charge is 0.133 e. The van der Waals surface area contributed by atoms with Crippen LogP contribution in [0.4, 0.5) is 0 Å². The summed E-state index contributed by atoms with van der Waals surface area (Å²) >= 11 is 3.54. The van der Waals surface area contributed by atoms with Crippen molar-refractivity contribution in [1.29, 1.82) is 0 Å². The molecule has 3 nitrogen and oxygen atoms in total. The fourth-order valence-corrected chi connectivity index (χ4v) is 4.58. The van der Waals surface area contributed by atoms with E-state index in [1.165, 1.54) is 29.0 Å². The second-order valence-electron chi connectivity index (χ2n) is 5.24. The summed E-state index contributed by atoms with van der Waals surface area (Å²) in [5.41, 5.74) is 0. The first-order valence-electron chi connectivity index (χ1n) is 7.20. The second-order valence-corrected chi connectivity index (χ2v) is 7.30. The highest BCUT2D eigenvalue weighted by Gasteiger charge is 2.22. The minimum absolute atomic E-state index is 0.296. The first-order chi connectivity index (χ1) is 9.86. The molecule has 1 unspecified atom stereocenters. The van der Waals surface area contributed by atoms with Crippen LogP contribution in [0.1, 0.15) is 30.6 Å². The third kappa shape index (κ3) is 3.28. The first kappa shape index (κ1) is 14.2. The van der Waals surface area contributed by atoms with Crippen molar-refractivity contribution in [2.45, 2.75) is 38.3 Å². The predicted molar refractivity (Wildman–Crippen MR) is 85.2 cm³/mol. The standard InChI is InChI=1S/C15H20N2OS2/c18-8-6-12-4-1-2-7-17(12)11-13-10-16-15(20-13)14-5-3-9-19-14/h3,5,9-10,12,18H,1-2,4,6-8,11H2. The molecule has 5 heteroatoms. The Morgan fingerprint density at radius 3 is 3.15 bits per heavy atom. The van der Waals surface area contributed by atoms with Gasteiger partial charge in [-0.15, -0.1) is 22.7 Å². The molecule has 0 radical (unpaired) electrons. The largest absolute Gasteiger partial charge is 0.396 e. The number of nitrogens with zero attached hydrogens (tertiary/aromatic N) is 2. The molecule has 0 bridgehead atoms. The molecule has 0 aliphatic carbocycles. The summed E-state index contributed by atoms with van der Waals surface area (Å²) in [5, 5.41) is 12.4. The number of aliphatic hydroxyl groups excluding tert-OH is 1. The minimum Gasteiger partial charge on any atom is -0.396 e. The molecule has 1 fully saturated rings. The van der Waals surface area contributed by atoms with Crippen LogP contribution >= 0.6 is 22.7 Å². The molecule has 1 aliphatic heterocycles. The fourth-order valence-electron chi connectivity index (χ4n) is 2.84. The van der Waals surface area contributed by atoms with Crippen LogP contribution in [0.2, 0.25) is 0 Å². The maximum Gasteiger partial charge on any atom is 0.133 e. The maximum atomic E-state index is 9.20. The molecular weight excluding hydrogens is 288 g/mol. The van der Waals surface area contributed by atoms with Crippen molar-refractivity contribution in [1.82, 2.24) is 9.88 Å². The van der Waals surface area contributed by atoms with Gasteiger partial charge in [0, 0.05) is 30.3 Å². The number of hydrogen-bond acceptors (Lipinski definition) is 5. The van der Waals surface area contributed by atoms with E-state index in [2.05, 4.69) is 27.4 Å². The van der Waals surface area contributed by atoms with Gasteiger partial charge in [0.2, 0.25) is 0 Å². The quantitative estimate of drug-likeness (QED) is 0.916. The van der Waals surface area contributed by atoms with E-state index < -0.39 is 0 Å². The van der Waals surface area contributed by atoms with Crippen molar-refractivity contribution < 1.29 is 5.11 Å². The van der Waals surface area contributed by atoms with Crippen LogP contribution in [0.3, 0.4) is 0 Å². The van der Waals surface area contributed by atoms with Gasteiger partial charge in [0.15, 0.2) is 0 Å². The van der Waals surface area contributed by atoms with E-state index in [-0.39, 0.29) is 0 Å². The van der Waals surface area contributed by atoms with Crippen molar-refractivity contribution >= 4 is 22.7 Å². The molecule has 3 heterocycles. The van der Waals surface area contributed by atoms with Crippen LogP contribution in [0, 0.1) is 0 Å². The van der Waals surface area contributed by atoms with E-state index in [4.69, 9.17) is 0 Å². The van der Waals surface area contributed by atoms with E-state index in [0.29, 0.717) is 12.6 Å². The minimum atomic E-state index is 0.296. The molecule has 2 aromatic heterocycles. The van der Waals surface area contributed by atoms with Crippen LogP contribution < -0.4 is 0 Å². The van der Waals surface area contributed by atoms with E-state index in [1.54, 1.807) is 22.7 Å². The van der Waals surface area contributed by atoms with Crippen LogP contribution in [-0.2, 0) is 6.54 Å². The van der Waals surface area contributed by atoms with Gasteiger partial charge in [-0.2, -0.15) is 0 Å². The summed E-state index contributed by atoms with van der Waals surface area (Å²) in [4.78, 5) is 9.66. The van der Waals surface area contributed by atoms with Gasteiger partial charge >= 0.3 is 0 Å². The molecule has 108 valence electrons. The summed E-state index contributed by atoms with van der Waals surface area (Å²) in [6.45, 7) is 2.43. The zero-order valence-corrected chi connectivity index (χ0v) is 13.1. The summed E-state index contributed by atoms with van der Waals surface area (Å²) < 4.78 is 0. The second kappa shape index (κ2) is 6.80.